The van der Waals surface area contributed by atoms with E-state index in [1.54, 1.807) is 13.8 Å². The number of hydrogen-bond donors (Lipinski definition) is 1. The van der Waals surface area contributed by atoms with Crippen molar-refractivity contribution in [2.24, 2.45) is 0 Å². The summed E-state index contributed by atoms with van der Waals surface area (Å²) in [5, 5.41) is 0. The highest BCUT2D eigenvalue weighted by molar-refractivity contribution is 5.66. The number of benzene rings is 2. The molecule has 190 valence electrons. The molecule has 0 radical (unpaired) electrons. The normalized spacial score (nSPS) is 23.5. The third-order valence-corrected chi connectivity index (χ3v) is 6.07. The number of rotatable bonds is 9. The van der Waals surface area contributed by atoms with E-state index in [1.165, 1.54) is 17.7 Å². The third kappa shape index (κ3) is 5.81. The Balaban J connectivity index is 1.66. The van der Waals surface area contributed by atoms with E-state index in [0.29, 0.717) is 12.2 Å². The molecule has 1 saturated heterocycles. The Bertz CT molecular complexity index is 1290. The van der Waals surface area contributed by atoms with Crippen LogP contribution in [0, 0.1) is 6.92 Å². The average Bonchev–Trinajstić information content (AvgIpc) is 3.12. The van der Waals surface area contributed by atoms with Crippen molar-refractivity contribution in [2.75, 3.05) is 6.61 Å². The molecular weight excluding hydrogens is 464 g/mol. The first kappa shape index (κ1) is 25.6. The molecule has 0 saturated carbocycles. The van der Waals surface area contributed by atoms with E-state index < -0.39 is 41.3 Å². The molecule has 1 aliphatic heterocycles. The predicted molar refractivity (Wildman–Crippen MR) is 131 cm³/mol. The van der Waals surface area contributed by atoms with Crippen LogP contribution < -0.4 is 11.2 Å². The molecule has 0 aliphatic carbocycles. The van der Waals surface area contributed by atoms with Gasteiger partial charge in [-0.1, -0.05) is 60.7 Å². The molecule has 0 unspecified atom stereocenters. The molecular formula is C27H30N2O7. The predicted octanol–water partition coefficient (Wildman–Crippen LogP) is 2.87. The van der Waals surface area contributed by atoms with Crippen LogP contribution in [0.25, 0.3) is 0 Å². The molecule has 2 aromatic carbocycles. The second kappa shape index (κ2) is 11.0. The van der Waals surface area contributed by atoms with Crippen LogP contribution in [0.1, 0.15) is 36.8 Å². The molecule has 1 aromatic heterocycles. The summed E-state index contributed by atoms with van der Waals surface area (Å²) in [6.07, 6.45) is -1.39. The minimum absolute atomic E-state index is 0.104. The highest BCUT2D eigenvalue weighted by atomic mass is 16.6. The summed E-state index contributed by atoms with van der Waals surface area (Å²) in [4.78, 5) is 39.1. The van der Waals surface area contributed by atoms with Gasteiger partial charge >= 0.3 is 11.7 Å². The fourth-order valence-electron chi connectivity index (χ4n) is 4.30. The lowest BCUT2D eigenvalue weighted by molar-refractivity contribution is -0.159. The number of aromatic nitrogens is 2. The van der Waals surface area contributed by atoms with Gasteiger partial charge in [0.1, 0.15) is 11.7 Å². The van der Waals surface area contributed by atoms with Crippen molar-refractivity contribution in [1.82, 2.24) is 9.55 Å². The Morgan fingerprint density at radius 3 is 2.25 bits per heavy atom. The number of carbonyl (C=O) groups is 1. The van der Waals surface area contributed by atoms with E-state index in [2.05, 4.69) is 4.98 Å². The lowest BCUT2D eigenvalue weighted by atomic mass is 9.97. The minimum Gasteiger partial charge on any atom is -0.455 e. The number of carbonyl (C=O) groups excluding carboxylic acids is 1. The molecule has 0 bridgehead atoms. The highest BCUT2D eigenvalue weighted by Crippen LogP contribution is 2.41. The summed E-state index contributed by atoms with van der Waals surface area (Å²) in [5.41, 5.74) is -0.0326. The largest absolute Gasteiger partial charge is 0.455 e. The Labute approximate surface area is 208 Å². The first-order valence-electron chi connectivity index (χ1n) is 11.7. The van der Waals surface area contributed by atoms with Crippen molar-refractivity contribution in [3.8, 4) is 0 Å². The molecule has 3 aromatic rings. The Kier molecular flexibility index (Phi) is 7.83. The van der Waals surface area contributed by atoms with Gasteiger partial charge in [-0.25, -0.2) is 4.79 Å². The quantitative estimate of drug-likeness (QED) is 0.456. The fraction of sp³-hybridized carbons (Fsp3) is 0.370. The van der Waals surface area contributed by atoms with Gasteiger partial charge in [0.25, 0.3) is 5.56 Å². The van der Waals surface area contributed by atoms with Crippen molar-refractivity contribution < 1.29 is 23.7 Å². The zero-order chi connectivity index (χ0) is 25.7. The minimum atomic E-state index is -1.09. The summed E-state index contributed by atoms with van der Waals surface area (Å²) < 4.78 is 25.6. The molecule has 9 heteroatoms. The van der Waals surface area contributed by atoms with Gasteiger partial charge in [-0.05, 0) is 25.0 Å². The molecule has 36 heavy (non-hydrogen) atoms. The van der Waals surface area contributed by atoms with E-state index in [-0.39, 0.29) is 13.2 Å². The number of hydrogen-bond acceptors (Lipinski definition) is 7. The summed E-state index contributed by atoms with van der Waals surface area (Å²) in [7, 11) is 0. The number of aromatic amines is 1. The van der Waals surface area contributed by atoms with Gasteiger partial charge in [0, 0.05) is 18.7 Å². The highest BCUT2D eigenvalue weighted by Gasteiger charge is 2.56. The van der Waals surface area contributed by atoms with Gasteiger partial charge in [0.05, 0.1) is 19.8 Å². The molecule has 4 atom stereocenters. The number of nitrogens with one attached hydrogen (secondary N) is 1. The first-order chi connectivity index (χ1) is 17.3. The first-order valence-corrected chi connectivity index (χ1v) is 11.7. The topological polar surface area (TPSA) is 109 Å². The SMILES string of the molecule is CC(=O)O[C@H]1[C@H](n2cc(C)c(=O)[nH]c2=O)O[C@](C)(COCc2ccccc2)[C@H]1OCc1ccccc1. The molecule has 1 fully saturated rings. The second-order valence-corrected chi connectivity index (χ2v) is 9.07. The zero-order valence-electron chi connectivity index (χ0n) is 20.5. The van der Waals surface area contributed by atoms with E-state index in [0.717, 1.165) is 11.1 Å². The molecule has 1 N–H and O–H groups in total. The van der Waals surface area contributed by atoms with Crippen molar-refractivity contribution in [3.05, 3.63) is 104 Å². The van der Waals surface area contributed by atoms with Crippen LogP contribution in [0.5, 0.6) is 0 Å². The fourth-order valence-corrected chi connectivity index (χ4v) is 4.30. The van der Waals surface area contributed by atoms with Crippen molar-refractivity contribution >= 4 is 5.97 Å². The summed E-state index contributed by atoms with van der Waals surface area (Å²) in [6.45, 7) is 5.34. The smallest absolute Gasteiger partial charge is 0.330 e. The average molecular weight is 495 g/mol. The third-order valence-electron chi connectivity index (χ3n) is 6.07. The summed E-state index contributed by atoms with van der Waals surface area (Å²) in [5.74, 6) is -0.550. The van der Waals surface area contributed by atoms with Crippen LogP contribution >= 0.6 is 0 Å². The number of ether oxygens (including phenoxy) is 4. The Morgan fingerprint density at radius 1 is 1.03 bits per heavy atom. The van der Waals surface area contributed by atoms with Crippen LogP contribution in [0.2, 0.25) is 0 Å². The number of esters is 1. The van der Waals surface area contributed by atoms with Crippen LogP contribution in [-0.4, -0.2) is 39.9 Å². The van der Waals surface area contributed by atoms with Gasteiger partial charge in [0.2, 0.25) is 0 Å². The maximum Gasteiger partial charge on any atom is 0.330 e. The Morgan fingerprint density at radius 2 is 1.64 bits per heavy atom. The van der Waals surface area contributed by atoms with Gasteiger partial charge in [-0.3, -0.25) is 19.1 Å². The molecule has 4 rings (SSSR count). The lowest BCUT2D eigenvalue weighted by Crippen LogP contribution is -2.47. The second-order valence-electron chi connectivity index (χ2n) is 9.07. The zero-order valence-corrected chi connectivity index (χ0v) is 20.5. The number of aryl methyl sites for hydroxylation is 1. The van der Waals surface area contributed by atoms with Gasteiger partial charge < -0.3 is 18.9 Å². The maximum absolute atomic E-state index is 12.7. The van der Waals surface area contributed by atoms with Gasteiger partial charge in [-0.2, -0.15) is 0 Å². The lowest BCUT2D eigenvalue weighted by Gasteiger charge is -2.31. The molecule has 0 spiro atoms. The summed E-state index contributed by atoms with van der Waals surface area (Å²) in [6, 6.07) is 19.2. The van der Waals surface area contributed by atoms with Crippen LogP contribution in [0.15, 0.2) is 76.4 Å². The van der Waals surface area contributed by atoms with Crippen molar-refractivity contribution in [3.63, 3.8) is 0 Å². The monoisotopic (exact) mass is 494 g/mol. The molecule has 9 nitrogen and oxygen atoms in total. The van der Waals surface area contributed by atoms with E-state index in [9.17, 15) is 14.4 Å². The van der Waals surface area contributed by atoms with Crippen molar-refractivity contribution in [2.45, 2.75) is 58.0 Å². The van der Waals surface area contributed by atoms with E-state index in [1.807, 2.05) is 60.7 Å². The van der Waals surface area contributed by atoms with E-state index >= 15 is 0 Å². The molecule has 0 amide bonds. The standard InChI is InChI=1S/C27H30N2O7/c1-18-14-29(26(32)28-24(18)31)25-22(35-19(2)30)23(34-16-21-12-8-5-9-13-21)27(3,36-25)17-33-15-20-10-6-4-7-11-20/h4-14,22-23,25H,15-17H2,1-3H3,(H,28,31,32)/t22-,23+,25-,27-/m1/s1. The van der Waals surface area contributed by atoms with E-state index in [4.69, 9.17) is 18.9 Å². The van der Waals surface area contributed by atoms with Crippen LogP contribution in [0.3, 0.4) is 0 Å². The van der Waals surface area contributed by atoms with Crippen LogP contribution in [-0.2, 0) is 37.0 Å². The number of H-pyrrole nitrogens is 1. The molecule has 1 aliphatic rings. The summed E-state index contributed by atoms with van der Waals surface area (Å²) >= 11 is 0. The van der Waals surface area contributed by atoms with Crippen LogP contribution in [0.4, 0.5) is 0 Å². The van der Waals surface area contributed by atoms with Gasteiger partial charge in [-0.15, -0.1) is 0 Å². The van der Waals surface area contributed by atoms with Gasteiger partial charge in [0.15, 0.2) is 12.3 Å². The number of nitrogens with zero attached hydrogens (tertiary/aromatic N) is 1. The maximum atomic E-state index is 12.7. The molecule has 2 heterocycles. The van der Waals surface area contributed by atoms with Crippen molar-refractivity contribution in [1.29, 1.82) is 0 Å². The Hall–Kier alpha value is -3.53.